The Kier molecular flexibility index (Phi) is 6.52. The molecule has 2 aliphatic rings. The van der Waals surface area contributed by atoms with E-state index in [0.29, 0.717) is 18.1 Å². The second-order valence-electron chi connectivity index (χ2n) is 7.32. The molecule has 1 aromatic heterocycles. The van der Waals surface area contributed by atoms with Crippen LogP contribution in [0.3, 0.4) is 0 Å². The normalized spacial score (nSPS) is 28.3. The summed E-state index contributed by atoms with van der Waals surface area (Å²) < 4.78 is 7.92. The van der Waals surface area contributed by atoms with Gasteiger partial charge in [0.15, 0.2) is 5.96 Å². The average molecular weight is 447 g/mol. The van der Waals surface area contributed by atoms with Crippen molar-refractivity contribution in [1.29, 1.82) is 0 Å². The highest BCUT2D eigenvalue weighted by Crippen LogP contribution is 2.51. The molecule has 3 unspecified atom stereocenters. The van der Waals surface area contributed by atoms with E-state index in [1.807, 2.05) is 17.9 Å². The zero-order valence-electron chi connectivity index (χ0n) is 15.1. The Bertz CT molecular complexity index is 571. The van der Waals surface area contributed by atoms with Crippen molar-refractivity contribution in [3.8, 4) is 0 Å². The molecule has 1 saturated heterocycles. The van der Waals surface area contributed by atoms with Gasteiger partial charge in [0, 0.05) is 43.8 Å². The summed E-state index contributed by atoms with van der Waals surface area (Å²) in [6.07, 6.45) is 6.73. The van der Waals surface area contributed by atoms with Gasteiger partial charge in [0.25, 0.3) is 0 Å². The van der Waals surface area contributed by atoms with Crippen LogP contribution in [0.5, 0.6) is 0 Å². The van der Waals surface area contributed by atoms with Crippen molar-refractivity contribution in [3.63, 3.8) is 0 Å². The zero-order chi connectivity index (χ0) is 16.4. The average Bonchev–Trinajstić information content (AvgIpc) is 2.96. The van der Waals surface area contributed by atoms with Crippen LogP contribution >= 0.6 is 24.0 Å². The lowest BCUT2D eigenvalue weighted by atomic mass is 9.55. The first-order chi connectivity index (χ1) is 11.0. The van der Waals surface area contributed by atoms with E-state index in [0.717, 1.165) is 25.7 Å². The van der Waals surface area contributed by atoms with Crippen LogP contribution in [0, 0.1) is 18.3 Å². The molecule has 1 aliphatic heterocycles. The number of hydrogen-bond donors (Lipinski definition) is 2. The third kappa shape index (κ3) is 3.87. The van der Waals surface area contributed by atoms with E-state index in [-0.39, 0.29) is 29.4 Å². The molecule has 3 rings (SSSR count). The third-order valence-corrected chi connectivity index (χ3v) is 5.24. The fourth-order valence-electron chi connectivity index (χ4n) is 4.04. The first kappa shape index (κ1) is 19.5. The summed E-state index contributed by atoms with van der Waals surface area (Å²) in [6.45, 7) is 9.18. The highest BCUT2D eigenvalue weighted by molar-refractivity contribution is 14.0. The van der Waals surface area contributed by atoms with Crippen LogP contribution in [0.4, 0.5) is 0 Å². The molecule has 7 heteroatoms. The molecule has 0 amide bonds. The molecule has 1 aliphatic carbocycles. The van der Waals surface area contributed by atoms with E-state index < -0.39 is 0 Å². The second kappa shape index (κ2) is 8.03. The van der Waals surface area contributed by atoms with Crippen LogP contribution in [-0.4, -0.2) is 48.1 Å². The van der Waals surface area contributed by atoms with Crippen molar-refractivity contribution >= 4 is 29.9 Å². The lowest BCUT2D eigenvalue weighted by molar-refractivity contribution is -0.188. The van der Waals surface area contributed by atoms with Crippen molar-refractivity contribution in [2.45, 2.75) is 52.3 Å². The molecule has 0 radical (unpaired) electrons. The largest absolute Gasteiger partial charge is 0.377 e. The van der Waals surface area contributed by atoms with Crippen molar-refractivity contribution in [3.05, 3.63) is 18.0 Å². The van der Waals surface area contributed by atoms with Gasteiger partial charge in [-0.05, 0) is 25.3 Å². The maximum absolute atomic E-state index is 5.97. The molecule has 24 heavy (non-hydrogen) atoms. The van der Waals surface area contributed by atoms with Gasteiger partial charge in [0.2, 0.25) is 0 Å². The maximum Gasteiger partial charge on any atom is 0.191 e. The molecular weight excluding hydrogens is 417 g/mol. The molecule has 6 nitrogen and oxygen atoms in total. The minimum Gasteiger partial charge on any atom is -0.377 e. The van der Waals surface area contributed by atoms with E-state index in [1.165, 1.54) is 18.4 Å². The van der Waals surface area contributed by atoms with Crippen LogP contribution in [0.2, 0.25) is 0 Å². The Labute approximate surface area is 161 Å². The van der Waals surface area contributed by atoms with Gasteiger partial charge < -0.3 is 15.4 Å². The van der Waals surface area contributed by atoms with Crippen LogP contribution in [0.15, 0.2) is 17.4 Å². The number of aryl methyl sites for hydroxylation is 1. The van der Waals surface area contributed by atoms with Gasteiger partial charge in [-0.3, -0.25) is 9.67 Å². The van der Waals surface area contributed by atoms with Crippen LogP contribution in [0.1, 0.15) is 32.3 Å². The maximum atomic E-state index is 5.97. The summed E-state index contributed by atoms with van der Waals surface area (Å²) in [5, 5.41) is 11.3. The van der Waals surface area contributed by atoms with Crippen molar-refractivity contribution < 1.29 is 4.74 Å². The molecule has 1 saturated carbocycles. The number of guanidine groups is 1. The summed E-state index contributed by atoms with van der Waals surface area (Å²) >= 11 is 0. The minimum absolute atomic E-state index is 0. The van der Waals surface area contributed by atoms with E-state index in [1.54, 1.807) is 0 Å². The Morgan fingerprint density at radius 3 is 2.96 bits per heavy atom. The van der Waals surface area contributed by atoms with Gasteiger partial charge in [-0.1, -0.05) is 13.8 Å². The van der Waals surface area contributed by atoms with E-state index >= 15 is 0 Å². The molecule has 3 atom stereocenters. The number of aliphatic imine (C=N–C) groups is 1. The second-order valence-corrected chi connectivity index (χ2v) is 7.32. The number of fused-ring (bicyclic) bond motifs is 1. The molecule has 0 bridgehead atoms. The number of halogens is 1. The molecule has 0 aromatic carbocycles. The number of nitrogens with zero attached hydrogens (tertiary/aromatic N) is 3. The molecule has 136 valence electrons. The predicted octanol–water partition coefficient (Wildman–Crippen LogP) is 2.18. The van der Waals surface area contributed by atoms with E-state index in [4.69, 9.17) is 4.74 Å². The lowest BCUT2D eigenvalue weighted by Crippen LogP contribution is -2.71. The van der Waals surface area contributed by atoms with E-state index in [9.17, 15) is 0 Å². The van der Waals surface area contributed by atoms with Crippen LogP contribution < -0.4 is 10.6 Å². The van der Waals surface area contributed by atoms with Gasteiger partial charge in [0.05, 0.1) is 18.8 Å². The number of rotatable bonds is 4. The summed E-state index contributed by atoms with van der Waals surface area (Å²) in [5.74, 6) is 1.47. The highest BCUT2D eigenvalue weighted by atomic mass is 127. The quantitative estimate of drug-likeness (QED) is 0.422. The van der Waals surface area contributed by atoms with Gasteiger partial charge in [-0.15, -0.1) is 24.0 Å². The lowest BCUT2D eigenvalue weighted by Gasteiger charge is -2.60. The Morgan fingerprint density at radius 1 is 1.50 bits per heavy atom. The van der Waals surface area contributed by atoms with Crippen molar-refractivity contribution in [2.75, 3.05) is 20.2 Å². The van der Waals surface area contributed by atoms with Gasteiger partial charge in [-0.2, -0.15) is 5.10 Å². The van der Waals surface area contributed by atoms with Crippen molar-refractivity contribution in [2.24, 2.45) is 16.3 Å². The Balaban J connectivity index is 0.00000208. The zero-order valence-corrected chi connectivity index (χ0v) is 17.4. The molecule has 0 spiro atoms. The number of nitrogens with one attached hydrogen (secondary N) is 2. The predicted molar refractivity (Wildman–Crippen MR) is 107 cm³/mol. The highest BCUT2D eigenvalue weighted by Gasteiger charge is 2.58. The number of hydrogen-bond acceptors (Lipinski definition) is 3. The smallest absolute Gasteiger partial charge is 0.191 e. The van der Waals surface area contributed by atoms with Crippen LogP contribution in [0.25, 0.3) is 0 Å². The molecular formula is C17H30IN5O. The fraction of sp³-hybridized carbons (Fsp3) is 0.765. The topological polar surface area (TPSA) is 63.5 Å². The van der Waals surface area contributed by atoms with Gasteiger partial charge >= 0.3 is 0 Å². The first-order valence-electron chi connectivity index (χ1n) is 8.60. The molecule has 2 heterocycles. The first-order valence-corrected chi connectivity index (χ1v) is 8.60. The third-order valence-electron chi connectivity index (χ3n) is 5.24. The minimum atomic E-state index is 0. The summed E-state index contributed by atoms with van der Waals surface area (Å²) in [6, 6.07) is 0.422. The molecule has 1 aromatic rings. The number of aromatic nitrogens is 2. The number of ether oxygens (including phenoxy) is 1. The van der Waals surface area contributed by atoms with Crippen LogP contribution in [-0.2, 0) is 11.3 Å². The van der Waals surface area contributed by atoms with E-state index in [2.05, 4.69) is 47.7 Å². The monoisotopic (exact) mass is 447 g/mol. The molecule has 2 N–H and O–H groups in total. The fourth-order valence-corrected chi connectivity index (χ4v) is 4.04. The van der Waals surface area contributed by atoms with Gasteiger partial charge in [-0.25, -0.2) is 0 Å². The summed E-state index contributed by atoms with van der Waals surface area (Å²) in [7, 11) is 1.83. The SMILES string of the molecule is CN=C(NCCn1cc(C)cn1)NC1C2CCCOC2C1(C)C.I. The Hall–Kier alpha value is -0.830. The molecule has 2 fully saturated rings. The van der Waals surface area contributed by atoms with Gasteiger partial charge in [0.1, 0.15) is 0 Å². The van der Waals surface area contributed by atoms with Crippen molar-refractivity contribution in [1.82, 2.24) is 20.4 Å². The standard InChI is InChI=1S/C17H29N5O.HI/c1-12-10-20-22(11-12)8-7-19-16(18-4)21-14-13-6-5-9-23-15(13)17(14,2)3;/h10-11,13-15H,5-9H2,1-4H3,(H2,18,19,21);1H. The summed E-state index contributed by atoms with van der Waals surface area (Å²) in [5.41, 5.74) is 1.34. The Morgan fingerprint density at radius 2 is 2.29 bits per heavy atom. The summed E-state index contributed by atoms with van der Waals surface area (Å²) in [4.78, 5) is 4.37.